The maximum absolute atomic E-state index is 10.9. The zero-order valence-electron chi connectivity index (χ0n) is 19.4. The maximum Gasteiger partial charge on any atom is 0.303 e. The quantitative estimate of drug-likeness (QED) is 0.188. The lowest BCUT2D eigenvalue weighted by atomic mass is 10.0. The maximum atomic E-state index is 10.9. The summed E-state index contributed by atoms with van der Waals surface area (Å²) < 4.78 is 9.65. The molecule has 0 atom stereocenters. The van der Waals surface area contributed by atoms with Crippen LogP contribution in [0, 0.1) is 0 Å². The second-order valence-corrected chi connectivity index (χ2v) is 10.1. The number of aliphatic carboxylic acids is 1. The average Bonchev–Trinajstić information content (AvgIpc) is 3.24. The lowest BCUT2D eigenvalue weighted by molar-refractivity contribution is -0.137. The molecule has 0 unspecified atom stereocenters. The second kappa shape index (κ2) is 11.7. The summed E-state index contributed by atoms with van der Waals surface area (Å²) in [5, 5.41) is 9.00. The first-order valence-corrected chi connectivity index (χ1v) is 13.0. The molecule has 0 aliphatic heterocycles. The minimum atomic E-state index is -0.750. The van der Waals surface area contributed by atoms with Crippen molar-refractivity contribution in [1.29, 1.82) is 0 Å². The normalized spacial score (nSPS) is 10.9. The van der Waals surface area contributed by atoms with Crippen LogP contribution in [0.2, 0.25) is 0 Å². The van der Waals surface area contributed by atoms with Gasteiger partial charge < -0.3 is 14.4 Å². The Morgan fingerprint density at radius 3 is 1.97 bits per heavy atom. The van der Waals surface area contributed by atoms with Crippen LogP contribution in [-0.2, 0) is 11.3 Å². The molecular formula is C28H26Br2N2O3. The number of benzene rings is 3. The smallest absolute Gasteiger partial charge is 0.303 e. The molecule has 0 fully saturated rings. The Morgan fingerprint density at radius 2 is 1.40 bits per heavy atom. The predicted molar refractivity (Wildman–Crippen MR) is 147 cm³/mol. The van der Waals surface area contributed by atoms with Crippen LogP contribution in [-0.4, -0.2) is 27.7 Å². The molecule has 0 radical (unpaired) electrons. The van der Waals surface area contributed by atoms with Crippen LogP contribution in [0.4, 0.5) is 0 Å². The minimum Gasteiger partial charge on any atom is -0.497 e. The number of carboxylic acids is 1. The fourth-order valence-electron chi connectivity index (χ4n) is 4.06. The van der Waals surface area contributed by atoms with E-state index < -0.39 is 5.97 Å². The molecule has 5 nitrogen and oxygen atoms in total. The van der Waals surface area contributed by atoms with Gasteiger partial charge in [0.15, 0.2) is 0 Å². The van der Waals surface area contributed by atoms with Gasteiger partial charge >= 0.3 is 5.97 Å². The van der Waals surface area contributed by atoms with Crippen LogP contribution in [0.3, 0.4) is 0 Å². The number of halogens is 2. The van der Waals surface area contributed by atoms with Crippen LogP contribution < -0.4 is 4.74 Å². The number of carbonyl (C=O) groups is 1. The van der Waals surface area contributed by atoms with E-state index >= 15 is 0 Å². The predicted octanol–water partition coefficient (Wildman–Crippen LogP) is 8.06. The molecule has 1 heterocycles. The Morgan fingerprint density at radius 1 is 0.829 bits per heavy atom. The zero-order chi connectivity index (χ0) is 24.8. The molecule has 0 amide bonds. The molecule has 0 aliphatic rings. The number of hydrogen-bond donors (Lipinski definition) is 1. The SMILES string of the molecule is COc1ccc(-c2nc(-c3ccc(Br)cc3)c(-c3ccc(Br)cc3)n2CCCCCC(=O)O)cc1. The first-order valence-electron chi connectivity index (χ1n) is 11.4. The summed E-state index contributed by atoms with van der Waals surface area (Å²) in [6.45, 7) is 0.732. The van der Waals surface area contributed by atoms with Gasteiger partial charge in [-0.25, -0.2) is 4.98 Å². The van der Waals surface area contributed by atoms with Crippen molar-refractivity contribution in [3.63, 3.8) is 0 Å². The van der Waals surface area contributed by atoms with Crippen molar-refractivity contribution in [2.75, 3.05) is 7.11 Å². The van der Waals surface area contributed by atoms with Gasteiger partial charge in [-0.05, 0) is 61.4 Å². The summed E-state index contributed by atoms with van der Waals surface area (Å²) in [6, 6.07) is 24.4. The van der Waals surface area contributed by atoms with E-state index in [1.165, 1.54) is 0 Å². The van der Waals surface area contributed by atoms with E-state index in [1.807, 2.05) is 48.5 Å². The molecule has 1 aromatic heterocycles. The zero-order valence-corrected chi connectivity index (χ0v) is 22.5. The van der Waals surface area contributed by atoms with Gasteiger partial charge in [0, 0.05) is 38.6 Å². The summed E-state index contributed by atoms with van der Waals surface area (Å²) >= 11 is 7.08. The highest BCUT2D eigenvalue weighted by Crippen LogP contribution is 2.38. The summed E-state index contributed by atoms with van der Waals surface area (Å²) in [5.41, 5.74) is 5.06. The number of carboxylic acid groups (broad SMARTS) is 1. The fourth-order valence-corrected chi connectivity index (χ4v) is 4.59. The highest BCUT2D eigenvalue weighted by atomic mass is 79.9. The highest BCUT2D eigenvalue weighted by molar-refractivity contribution is 9.10. The Labute approximate surface area is 222 Å². The number of rotatable bonds is 10. The van der Waals surface area contributed by atoms with E-state index in [2.05, 4.69) is 60.7 Å². The minimum absolute atomic E-state index is 0.193. The van der Waals surface area contributed by atoms with Gasteiger partial charge in [-0.2, -0.15) is 0 Å². The van der Waals surface area contributed by atoms with Gasteiger partial charge in [0.05, 0.1) is 18.5 Å². The Bertz CT molecular complexity index is 1280. The van der Waals surface area contributed by atoms with Crippen molar-refractivity contribution in [2.45, 2.75) is 32.2 Å². The van der Waals surface area contributed by atoms with E-state index in [0.717, 1.165) is 68.0 Å². The Kier molecular flexibility index (Phi) is 8.42. The van der Waals surface area contributed by atoms with E-state index in [-0.39, 0.29) is 6.42 Å². The molecule has 7 heteroatoms. The van der Waals surface area contributed by atoms with E-state index in [4.69, 9.17) is 14.8 Å². The number of aromatic nitrogens is 2. The first-order chi connectivity index (χ1) is 17.0. The molecular weight excluding hydrogens is 572 g/mol. The van der Waals surface area contributed by atoms with Crippen LogP contribution >= 0.6 is 31.9 Å². The average molecular weight is 598 g/mol. The molecule has 4 rings (SSSR count). The monoisotopic (exact) mass is 596 g/mol. The first kappa shape index (κ1) is 25.2. The lowest BCUT2D eigenvalue weighted by Crippen LogP contribution is -2.04. The topological polar surface area (TPSA) is 64.4 Å². The largest absolute Gasteiger partial charge is 0.497 e. The molecule has 0 saturated carbocycles. The Balaban J connectivity index is 1.84. The summed E-state index contributed by atoms with van der Waals surface area (Å²) in [5.74, 6) is 0.920. The van der Waals surface area contributed by atoms with E-state index in [1.54, 1.807) is 7.11 Å². The number of unbranched alkanes of at least 4 members (excludes halogenated alkanes) is 2. The van der Waals surface area contributed by atoms with Crippen LogP contribution in [0.25, 0.3) is 33.9 Å². The molecule has 0 aliphatic carbocycles. The molecule has 0 bridgehead atoms. The number of methoxy groups -OCH3 is 1. The second-order valence-electron chi connectivity index (χ2n) is 8.23. The number of imidazole rings is 1. The summed E-state index contributed by atoms with van der Waals surface area (Å²) in [7, 11) is 1.66. The third-order valence-corrected chi connectivity index (χ3v) is 6.88. The van der Waals surface area contributed by atoms with Gasteiger partial charge in [-0.15, -0.1) is 0 Å². The van der Waals surface area contributed by atoms with Gasteiger partial charge in [0.25, 0.3) is 0 Å². The lowest BCUT2D eigenvalue weighted by Gasteiger charge is -2.14. The van der Waals surface area contributed by atoms with Crippen molar-refractivity contribution >= 4 is 37.8 Å². The van der Waals surface area contributed by atoms with E-state index in [9.17, 15) is 4.79 Å². The standard InChI is InChI=1S/C28H26Br2N2O3/c1-35-24-16-10-21(11-17-24)28-31-26(19-6-12-22(29)13-7-19)27(20-8-14-23(30)15-9-20)32(28)18-4-2-3-5-25(33)34/h6-17H,2-5,18H2,1H3,(H,33,34). The third-order valence-electron chi connectivity index (χ3n) is 5.82. The van der Waals surface area contributed by atoms with Crippen LogP contribution in [0.5, 0.6) is 5.75 Å². The van der Waals surface area contributed by atoms with Gasteiger partial charge in [-0.3, -0.25) is 4.79 Å². The highest BCUT2D eigenvalue weighted by Gasteiger charge is 2.21. The third kappa shape index (κ3) is 6.21. The summed E-state index contributed by atoms with van der Waals surface area (Å²) in [6.07, 6.45) is 2.55. The number of ether oxygens (including phenoxy) is 1. The van der Waals surface area contributed by atoms with E-state index in [0.29, 0.717) is 6.42 Å². The fraction of sp³-hybridized carbons (Fsp3) is 0.214. The molecule has 0 saturated heterocycles. The molecule has 0 spiro atoms. The molecule has 3 aromatic carbocycles. The van der Waals surface area contributed by atoms with Crippen molar-refractivity contribution in [1.82, 2.24) is 9.55 Å². The van der Waals surface area contributed by atoms with Crippen LogP contribution in [0.1, 0.15) is 25.7 Å². The van der Waals surface area contributed by atoms with Crippen LogP contribution in [0.15, 0.2) is 81.7 Å². The molecule has 1 N–H and O–H groups in total. The molecule has 180 valence electrons. The van der Waals surface area contributed by atoms with Crippen molar-refractivity contribution < 1.29 is 14.6 Å². The van der Waals surface area contributed by atoms with Crippen molar-refractivity contribution in [3.8, 4) is 39.7 Å². The van der Waals surface area contributed by atoms with Gasteiger partial charge in [0.2, 0.25) is 0 Å². The molecule has 4 aromatic rings. The molecule has 35 heavy (non-hydrogen) atoms. The van der Waals surface area contributed by atoms with Crippen molar-refractivity contribution in [3.05, 3.63) is 81.7 Å². The number of hydrogen-bond acceptors (Lipinski definition) is 3. The van der Waals surface area contributed by atoms with Gasteiger partial charge in [0.1, 0.15) is 11.6 Å². The van der Waals surface area contributed by atoms with Gasteiger partial charge in [-0.1, -0.05) is 62.5 Å². The summed E-state index contributed by atoms with van der Waals surface area (Å²) in [4.78, 5) is 16.1. The van der Waals surface area contributed by atoms with Crippen molar-refractivity contribution in [2.24, 2.45) is 0 Å². The number of nitrogens with zero attached hydrogens (tertiary/aromatic N) is 2. The Hall–Kier alpha value is -2.90.